The van der Waals surface area contributed by atoms with Crippen LogP contribution >= 0.6 is 0 Å². The Morgan fingerprint density at radius 2 is 2.29 bits per heavy atom. The van der Waals surface area contributed by atoms with E-state index in [9.17, 15) is 0 Å². The second-order valence-electron chi connectivity index (χ2n) is 1.41. The van der Waals surface area contributed by atoms with Gasteiger partial charge in [-0.1, -0.05) is 0 Å². The van der Waals surface area contributed by atoms with Crippen molar-refractivity contribution in [2.45, 2.75) is 0 Å². The van der Waals surface area contributed by atoms with Crippen LogP contribution in [0, 0.1) is 0 Å². The normalized spacial score (nSPS) is 7.86. The van der Waals surface area contributed by atoms with Gasteiger partial charge in [-0.2, -0.15) is 0 Å². The second kappa shape index (κ2) is 2.74. The third kappa shape index (κ3) is 1.83. The maximum absolute atomic E-state index is 2.14. The summed E-state index contributed by atoms with van der Waals surface area (Å²) in [5.41, 5.74) is 0. The Morgan fingerprint density at radius 1 is 1.43 bits per heavy atom. The molecule has 1 aromatic rings. The molecule has 0 aromatic carbocycles. The summed E-state index contributed by atoms with van der Waals surface area (Å²) in [6, 6.07) is 6.25. The van der Waals surface area contributed by atoms with Crippen LogP contribution in [-0.2, 0) is 31.0 Å². The van der Waals surface area contributed by atoms with Crippen molar-refractivity contribution in [2.75, 3.05) is 0 Å². The Balaban J connectivity index is 3.02. The van der Waals surface area contributed by atoms with Crippen molar-refractivity contribution in [2.24, 2.45) is 0 Å². The molecule has 1 heterocycles. The van der Waals surface area contributed by atoms with Gasteiger partial charge in [0, 0.05) is 0 Å². The van der Waals surface area contributed by atoms with Gasteiger partial charge in [0.05, 0.1) is 0 Å². The predicted molar refractivity (Wildman–Crippen MR) is 27.4 cm³/mol. The molecule has 0 radical (unpaired) electrons. The molecule has 0 N–H and O–H groups in total. The molecule has 0 amide bonds. The van der Waals surface area contributed by atoms with Gasteiger partial charge in [0.1, 0.15) is 0 Å². The van der Waals surface area contributed by atoms with E-state index in [2.05, 4.69) is 25.0 Å². The van der Waals surface area contributed by atoms with E-state index in [4.69, 9.17) is 0 Å². The van der Waals surface area contributed by atoms with Gasteiger partial charge in [-0.25, -0.2) is 0 Å². The third-order valence-electron chi connectivity index (χ3n) is 0.800. The van der Waals surface area contributed by atoms with Crippen molar-refractivity contribution in [3.8, 4) is 0 Å². The van der Waals surface area contributed by atoms with Gasteiger partial charge in [0.2, 0.25) is 0 Å². The van der Waals surface area contributed by atoms with Crippen LogP contribution in [0.25, 0.3) is 0 Å². The molecule has 0 spiro atoms. The predicted octanol–water partition coefficient (Wildman–Crippen LogP) is 0.197. The molecular weight excluding hydrogens is 160 g/mol. The van der Waals surface area contributed by atoms with E-state index in [1.165, 1.54) is 33.2 Å². The van der Waals surface area contributed by atoms with Crippen LogP contribution in [0.2, 0.25) is 0 Å². The molecular formula is C5H4BY. The zero-order valence-corrected chi connectivity index (χ0v) is 6.80. The molecule has 30 valence electrons. The number of hydrogen-bond acceptors (Lipinski definition) is 0. The monoisotopic (exact) mass is 164 g/mol. The standard InChI is InChI=1S/C5H4B.Y/c1-2-4-6-5-3-1;/h1-4H;. The van der Waals surface area contributed by atoms with E-state index in [0.29, 0.717) is 0 Å². The van der Waals surface area contributed by atoms with Gasteiger partial charge in [0.15, 0.2) is 0 Å². The summed E-state index contributed by atoms with van der Waals surface area (Å²) < 4.78 is 1.45. The summed E-state index contributed by atoms with van der Waals surface area (Å²) in [6.07, 6.45) is 0. The van der Waals surface area contributed by atoms with Crippen LogP contribution < -0.4 is 2.27 Å². The number of rotatable bonds is 0. The zero-order chi connectivity index (χ0) is 5.11. The molecule has 0 saturated carbocycles. The van der Waals surface area contributed by atoms with Crippen LogP contribution in [0.4, 0.5) is 0 Å². The van der Waals surface area contributed by atoms with E-state index in [0.717, 1.165) is 0 Å². The van der Waals surface area contributed by atoms with E-state index in [-0.39, 0.29) is 0 Å². The Kier molecular flexibility index (Phi) is 2.21. The molecule has 0 aliphatic heterocycles. The summed E-state index contributed by atoms with van der Waals surface area (Å²) >= 11 is 1.23. The van der Waals surface area contributed by atoms with Crippen LogP contribution in [0.15, 0.2) is 24.2 Å². The topological polar surface area (TPSA) is 0 Å². The summed E-state index contributed by atoms with van der Waals surface area (Å²) in [5.74, 6) is 2.07. The van der Waals surface area contributed by atoms with E-state index >= 15 is 0 Å². The SMILES string of the molecule is [Y][c]1bcccc1. The van der Waals surface area contributed by atoms with E-state index in [1.807, 2.05) is 6.07 Å². The summed E-state index contributed by atoms with van der Waals surface area (Å²) in [7, 11) is 0. The van der Waals surface area contributed by atoms with E-state index in [1.54, 1.807) is 0 Å². The molecule has 0 aliphatic carbocycles. The minimum atomic E-state index is 1.23. The van der Waals surface area contributed by atoms with Crippen molar-refractivity contribution >= 4 is 9.18 Å². The fraction of sp³-hybridized carbons (Fsp3) is 0. The van der Waals surface area contributed by atoms with E-state index < -0.39 is 0 Å². The van der Waals surface area contributed by atoms with Gasteiger partial charge in [-0.05, 0) is 0 Å². The fourth-order valence-corrected chi connectivity index (χ4v) is 0.999. The van der Waals surface area contributed by atoms with Crippen molar-refractivity contribution in [1.29, 1.82) is 0 Å². The van der Waals surface area contributed by atoms with Gasteiger partial charge >= 0.3 is 64.3 Å². The first-order chi connectivity index (χ1) is 3.39. The molecule has 0 saturated heterocycles. The Bertz CT molecular complexity index is 138. The van der Waals surface area contributed by atoms with Crippen LogP contribution in [0.5, 0.6) is 0 Å². The first-order valence-electron chi connectivity index (χ1n) is 2.20. The van der Waals surface area contributed by atoms with Gasteiger partial charge in [0.25, 0.3) is 0 Å². The average Bonchev–Trinajstić information content (AvgIpc) is 1.69. The van der Waals surface area contributed by atoms with Crippen LogP contribution in [0.1, 0.15) is 0 Å². The zero-order valence-electron chi connectivity index (χ0n) is 3.96. The summed E-state index contributed by atoms with van der Waals surface area (Å²) in [4.78, 5) is 0. The molecule has 0 aliphatic rings. The quantitative estimate of drug-likeness (QED) is 0.513. The van der Waals surface area contributed by atoms with Crippen LogP contribution in [0.3, 0.4) is 0 Å². The molecule has 7 heavy (non-hydrogen) atoms. The molecule has 0 unspecified atom stereocenters. The third-order valence-corrected chi connectivity index (χ3v) is 1.75. The van der Waals surface area contributed by atoms with Crippen molar-refractivity contribution < 1.29 is 31.0 Å². The molecule has 0 nitrogen and oxygen atoms in total. The first-order valence-corrected chi connectivity index (χ1v) is 3.62. The average molecular weight is 164 g/mol. The molecule has 0 bridgehead atoms. The fourth-order valence-electron chi connectivity index (χ4n) is 0.453. The molecule has 1 aromatic heterocycles. The van der Waals surface area contributed by atoms with Crippen molar-refractivity contribution in [3.63, 3.8) is 0 Å². The maximum atomic E-state index is 2.14. The number of hydrogen-bond donors (Lipinski definition) is 0. The Morgan fingerprint density at radius 3 is 2.57 bits per heavy atom. The summed E-state index contributed by atoms with van der Waals surface area (Å²) in [5, 5.41) is 0. The van der Waals surface area contributed by atoms with Gasteiger partial charge < -0.3 is 0 Å². The Hall–Kier alpha value is 0.519. The minimum absolute atomic E-state index is 1.23. The van der Waals surface area contributed by atoms with Gasteiger partial charge in [-0.3, -0.25) is 0 Å². The van der Waals surface area contributed by atoms with Crippen molar-refractivity contribution in [3.05, 3.63) is 24.2 Å². The van der Waals surface area contributed by atoms with Crippen molar-refractivity contribution in [1.82, 2.24) is 0 Å². The molecule has 1 rings (SSSR count). The first kappa shape index (κ1) is 5.65. The second-order valence-corrected chi connectivity index (χ2v) is 3.05. The van der Waals surface area contributed by atoms with Gasteiger partial charge in [-0.15, -0.1) is 0 Å². The Labute approximate surface area is 64.0 Å². The van der Waals surface area contributed by atoms with Crippen LogP contribution in [-0.4, -0.2) is 6.91 Å². The molecule has 0 fully saturated rings. The molecule has 2 heteroatoms. The summed E-state index contributed by atoms with van der Waals surface area (Å²) in [6.45, 7) is 2.14. The molecule has 0 atom stereocenters.